The molecule has 162 valence electrons. The number of amides is 2. The van der Waals surface area contributed by atoms with Crippen LogP contribution in [0.3, 0.4) is 0 Å². The maximum atomic E-state index is 13.0. The highest BCUT2D eigenvalue weighted by Crippen LogP contribution is 2.38. The quantitative estimate of drug-likeness (QED) is 0.752. The largest absolute Gasteiger partial charge is 0.332 e. The summed E-state index contributed by atoms with van der Waals surface area (Å²) in [6, 6.07) is 8.22. The Morgan fingerprint density at radius 3 is 2.52 bits per heavy atom. The number of hydrogen-bond acceptors (Lipinski definition) is 4. The van der Waals surface area contributed by atoms with E-state index in [-0.39, 0.29) is 23.8 Å². The Kier molecular flexibility index (Phi) is 5.24. The Hall–Kier alpha value is -2.76. The summed E-state index contributed by atoms with van der Waals surface area (Å²) < 4.78 is 0. The maximum absolute atomic E-state index is 13.0. The number of aryl methyl sites for hydroxylation is 2. The van der Waals surface area contributed by atoms with E-state index in [2.05, 4.69) is 31.2 Å². The minimum atomic E-state index is -0.0737. The highest BCUT2D eigenvalue weighted by molar-refractivity contribution is 5.95. The predicted molar refractivity (Wildman–Crippen MR) is 118 cm³/mol. The first-order valence-electron chi connectivity index (χ1n) is 11.5. The zero-order valence-electron chi connectivity index (χ0n) is 18.4. The molecular formula is C25H30N4O2. The zero-order chi connectivity index (χ0) is 21.5. The third kappa shape index (κ3) is 3.73. The molecule has 1 saturated heterocycles. The third-order valence-electron chi connectivity index (χ3n) is 7.10. The summed E-state index contributed by atoms with van der Waals surface area (Å²) in [4.78, 5) is 39.4. The fourth-order valence-electron chi connectivity index (χ4n) is 4.98. The average molecular weight is 419 g/mol. The molecule has 0 spiro atoms. The van der Waals surface area contributed by atoms with Crippen LogP contribution in [0.25, 0.3) is 0 Å². The van der Waals surface area contributed by atoms with Gasteiger partial charge in [0.2, 0.25) is 11.8 Å². The molecule has 2 fully saturated rings. The SMILES string of the molecule is Cc1ccc(CN2C(=O)CCc3c(C)nc([C@@H]4CCCN4C(=O)C4CCC4)nc32)cc1. The van der Waals surface area contributed by atoms with E-state index in [1.54, 1.807) is 0 Å². The first-order valence-corrected chi connectivity index (χ1v) is 11.5. The van der Waals surface area contributed by atoms with E-state index < -0.39 is 0 Å². The van der Waals surface area contributed by atoms with Crippen LogP contribution >= 0.6 is 0 Å². The number of carbonyl (C=O) groups excluding carboxylic acids is 2. The Bertz CT molecular complexity index is 1010. The van der Waals surface area contributed by atoms with Gasteiger partial charge in [0.05, 0.1) is 12.6 Å². The number of fused-ring (bicyclic) bond motifs is 1. The van der Waals surface area contributed by atoms with Gasteiger partial charge in [-0.25, -0.2) is 9.97 Å². The number of benzene rings is 1. The molecule has 6 heteroatoms. The molecule has 3 aliphatic rings. The number of hydrogen-bond donors (Lipinski definition) is 0. The molecule has 3 heterocycles. The first kappa shape index (κ1) is 20.2. The molecule has 1 aliphatic carbocycles. The number of carbonyl (C=O) groups is 2. The van der Waals surface area contributed by atoms with E-state index in [0.29, 0.717) is 25.2 Å². The molecule has 0 bridgehead atoms. The summed E-state index contributed by atoms with van der Waals surface area (Å²) in [7, 11) is 0. The molecule has 6 nitrogen and oxygen atoms in total. The molecule has 1 atom stereocenters. The van der Waals surface area contributed by atoms with Crippen molar-refractivity contribution in [3.05, 3.63) is 52.5 Å². The summed E-state index contributed by atoms with van der Waals surface area (Å²) in [5, 5.41) is 0. The summed E-state index contributed by atoms with van der Waals surface area (Å²) in [5.74, 6) is 1.98. The van der Waals surface area contributed by atoms with Crippen molar-refractivity contribution >= 4 is 17.6 Å². The maximum Gasteiger partial charge on any atom is 0.228 e. The van der Waals surface area contributed by atoms with Gasteiger partial charge in [0.1, 0.15) is 5.82 Å². The number of nitrogens with zero attached hydrogens (tertiary/aromatic N) is 4. The Balaban J connectivity index is 1.48. The van der Waals surface area contributed by atoms with Crippen LogP contribution in [0, 0.1) is 19.8 Å². The van der Waals surface area contributed by atoms with Crippen molar-refractivity contribution in [2.45, 2.75) is 71.4 Å². The van der Waals surface area contributed by atoms with Gasteiger partial charge in [-0.3, -0.25) is 14.5 Å². The Morgan fingerprint density at radius 2 is 1.81 bits per heavy atom. The number of aromatic nitrogens is 2. The molecular weight excluding hydrogens is 388 g/mol. The second kappa shape index (κ2) is 8.06. The summed E-state index contributed by atoms with van der Waals surface area (Å²) in [6.07, 6.45) is 6.20. The lowest BCUT2D eigenvalue weighted by Crippen LogP contribution is -2.40. The fraction of sp³-hybridized carbons (Fsp3) is 0.520. The third-order valence-corrected chi connectivity index (χ3v) is 7.10. The molecule has 2 aliphatic heterocycles. The lowest BCUT2D eigenvalue weighted by Gasteiger charge is -2.33. The van der Waals surface area contributed by atoms with Crippen LogP contribution in [0.2, 0.25) is 0 Å². The second-order valence-corrected chi connectivity index (χ2v) is 9.25. The van der Waals surface area contributed by atoms with Crippen LogP contribution in [0.15, 0.2) is 24.3 Å². The van der Waals surface area contributed by atoms with Crippen LogP contribution in [0.5, 0.6) is 0 Å². The van der Waals surface area contributed by atoms with Crippen molar-refractivity contribution in [3.8, 4) is 0 Å². The van der Waals surface area contributed by atoms with Gasteiger partial charge in [-0.2, -0.15) is 0 Å². The lowest BCUT2D eigenvalue weighted by atomic mass is 9.84. The van der Waals surface area contributed by atoms with Gasteiger partial charge in [-0.1, -0.05) is 36.2 Å². The second-order valence-electron chi connectivity index (χ2n) is 9.25. The van der Waals surface area contributed by atoms with Crippen molar-refractivity contribution in [1.29, 1.82) is 0 Å². The normalized spacial score (nSPS) is 21.2. The van der Waals surface area contributed by atoms with Gasteiger partial charge in [0, 0.05) is 30.1 Å². The molecule has 5 rings (SSSR count). The summed E-state index contributed by atoms with van der Waals surface area (Å²) in [5.41, 5.74) is 4.29. The molecule has 2 amide bonds. The van der Waals surface area contributed by atoms with Crippen molar-refractivity contribution in [2.75, 3.05) is 11.4 Å². The van der Waals surface area contributed by atoms with Gasteiger partial charge >= 0.3 is 0 Å². The number of rotatable bonds is 4. The molecule has 1 saturated carbocycles. The van der Waals surface area contributed by atoms with Gasteiger partial charge in [-0.05, 0) is 51.5 Å². The van der Waals surface area contributed by atoms with Crippen LogP contribution in [-0.2, 0) is 22.6 Å². The number of anilines is 1. The van der Waals surface area contributed by atoms with Crippen molar-refractivity contribution in [3.63, 3.8) is 0 Å². The average Bonchev–Trinajstić information content (AvgIpc) is 3.20. The number of likely N-dealkylation sites (tertiary alicyclic amines) is 1. The fourth-order valence-corrected chi connectivity index (χ4v) is 4.98. The highest BCUT2D eigenvalue weighted by atomic mass is 16.2. The predicted octanol–water partition coefficient (Wildman–Crippen LogP) is 4.04. The summed E-state index contributed by atoms with van der Waals surface area (Å²) >= 11 is 0. The van der Waals surface area contributed by atoms with E-state index >= 15 is 0 Å². The molecule has 0 N–H and O–H groups in total. The molecule has 1 aromatic heterocycles. The van der Waals surface area contributed by atoms with E-state index in [9.17, 15) is 9.59 Å². The highest BCUT2D eigenvalue weighted by Gasteiger charge is 2.38. The van der Waals surface area contributed by atoms with Crippen molar-refractivity contribution < 1.29 is 9.59 Å². The molecule has 1 aromatic carbocycles. The molecule has 2 aromatic rings. The first-order chi connectivity index (χ1) is 15.0. The van der Waals surface area contributed by atoms with Crippen LogP contribution in [0.4, 0.5) is 5.82 Å². The molecule has 31 heavy (non-hydrogen) atoms. The van der Waals surface area contributed by atoms with Crippen LogP contribution in [0.1, 0.15) is 72.8 Å². The van der Waals surface area contributed by atoms with Crippen LogP contribution in [-0.4, -0.2) is 33.2 Å². The molecule has 0 unspecified atom stereocenters. The van der Waals surface area contributed by atoms with E-state index in [4.69, 9.17) is 9.97 Å². The minimum absolute atomic E-state index is 0.0737. The monoisotopic (exact) mass is 418 g/mol. The summed E-state index contributed by atoms with van der Waals surface area (Å²) in [6.45, 7) is 5.37. The molecule has 0 radical (unpaired) electrons. The van der Waals surface area contributed by atoms with Gasteiger partial charge in [-0.15, -0.1) is 0 Å². The van der Waals surface area contributed by atoms with E-state index in [1.165, 1.54) is 5.56 Å². The Labute approximate surface area is 183 Å². The topological polar surface area (TPSA) is 66.4 Å². The minimum Gasteiger partial charge on any atom is -0.332 e. The smallest absolute Gasteiger partial charge is 0.228 e. The van der Waals surface area contributed by atoms with Crippen molar-refractivity contribution in [2.24, 2.45) is 5.92 Å². The van der Waals surface area contributed by atoms with Gasteiger partial charge in [0.15, 0.2) is 5.82 Å². The zero-order valence-corrected chi connectivity index (χ0v) is 18.4. The van der Waals surface area contributed by atoms with Gasteiger partial charge in [0.25, 0.3) is 0 Å². The van der Waals surface area contributed by atoms with Crippen LogP contribution < -0.4 is 4.90 Å². The Morgan fingerprint density at radius 1 is 1.03 bits per heavy atom. The standard InChI is InChI=1S/C25H30N4O2/c1-16-8-10-18(11-9-16)15-29-22(30)13-12-20-17(2)26-23(27-24(20)29)21-7-4-14-28(21)25(31)19-5-3-6-19/h8-11,19,21H,3-7,12-15H2,1-2H3/t21-/m0/s1. The van der Waals surface area contributed by atoms with E-state index in [1.807, 2.05) is 16.7 Å². The van der Waals surface area contributed by atoms with Crippen molar-refractivity contribution in [1.82, 2.24) is 14.9 Å². The van der Waals surface area contributed by atoms with Gasteiger partial charge < -0.3 is 4.90 Å². The van der Waals surface area contributed by atoms with E-state index in [0.717, 1.165) is 61.3 Å². The lowest BCUT2D eigenvalue weighted by molar-refractivity contribution is -0.139.